The summed E-state index contributed by atoms with van der Waals surface area (Å²) < 4.78 is 48.7. The SMILES string of the molecule is CCN(CC)CCCCc1cc(F)ccc1S(=O)(=O)Nc1ccc2c(c1C(=O)O)OCC1CC21. The van der Waals surface area contributed by atoms with Crippen LogP contribution >= 0.6 is 0 Å². The molecule has 0 bridgehead atoms. The smallest absolute Gasteiger partial charge is 0.341 e. The van der Waals surface area contributed by atoms with Gasteiger partial charge < -0.3 is 14.7 Å². The van der Waals surface area contributed by atoms with Gasteiger partial charge in [-0.15, -0.1) is 0 Å². The van der Waals surface area contributed by atoms with E-state index in [4.69, 9.17) is 4.74 Å². The molecule has 2 aliphatic rings. The van der Waals surface area contributed by atoms with Gasteiger partial charge in [0.05, 0.1) is 17.2 Å². The number of hydrogen-bond acceptors (Lipinski definition) is 5. The topological polar surface area (TPSA) is 95.9 Å². The fourth-order valence-corrected chi connectivity index (χ4v) is 6.07. The summed E-state index contributed by atoms with van der Waals surface area (Å²) in [6, 6.07) is 6.81. The first-order valence-electron chi connectivity index (χ1n) is 11.8. The molecule has 1 aliphatic heterocycles. The van der Waals surface area contributed by atoms with Crippen LogP contribution in [0.1, 0.15) is 60.5 Å². The molecule has 0 aromatic heterocycles. The molecule has 9 heteroatoms. The summed E-state index contributed by atoms with van der Waals surface area (Å²) in [5, 5.41) is 9.84. The van der Waals surface area contributed by atoms with E-state index in [2.05, 4.69) is 23.5 Å². The monoisotopic (exact) mass is 490 g/mol. The predicted molar refractivity (Wildman–Crippen MR) is 128 cm³/mol. The number of benzene rings is 2. The zero-order valence-electron chi connectivity index (χ0n) is 19.5. The number of aromatic carboxylic acids is 1. The van der Waals surface area contributed by atoms with E-state index in [1.54, 1.807) is 6.07 Å². The molecule has 2 N–H and O–H groups in total. The van der Waals surface area contributed by atoms with Crippen molar-refractivity contribution in [2.24, 2.45) is 5.92 Å². The molecule has 0 saturated heterocycles. The number of carbonyl (C=O) groups is 1. The van der Waals surface area contributed by atoms with Crippen LogP contribution in [0.25, 0.3) is 0 Å². The lowest BCUT2D eigenvalue weighted by molar-refractivity contribution is 0.0692. The van der Waals surface area contributed by atoms with Gasteiger partial charge in [-0.25, -0.2) is 17.6 Å². The molecule has 1 saturated carbocycles. The molecule has 2 unspecified atom stereocenters. The zero-order valence-corrected chi connectivity index (χ0v) is 20.3. The Balaban J connectivity index is 1.58. The Hall–Kier alpha value is -2.65. The van der Waals surface area contributed by atoms with Crippen LogP contribution in [-0.4, -0.2) is 50.6 Å². The minimum Gasteiger partial charge on any atom is -0.492 e. The summed E-state index contributed by atoms with van der Waals surface area (Å²) in [4.78, 5) is 14.3. The number of carboxylic acid groups (broad SMARTS) is 1. The largest absolute Gasteiger partial charge is 0.492 e. The number of anilines is 1. The fourth-order valence-electron chi connectivity index (χ4n) is 4.74. The number of hydrogen-bond donors (Lipinski definition) is 2. The summed E-state index contributed by atoms with van der Waals surface area (Å²) in [5.41, 5.74) is 0.947. The number of rotatable bonds is 11. The minimum absolute atomic E-state index is 0.0472. The normalized spacial score (nSPS) is 18.7. The molecule has 0 spiro atoms. The summed E-state index contributed by atoms with van der Waals surface area (Å²) in [5.74, 6) is -0.857. The van der Waals surface area contributed by atoms with Gasteiger partial charge in [0.1, 0.15) is 17.1 Å². The van der Waals surface area contributed by atoms with E-state index in [9.17, 15) is 22.7 Å². The fraction of sp³-hybridized carbons (Fsp3) is 0.480. The van der Waals surface area contributed by atoms with Crippen LogP contribution in [0.15, 0.2) is 35.2 Å². The highest BCUT2D eigenvalue weighted by molar-refractivity contribution is 7.92. The number of unbranched alkanes of at least 4 members (excludes halogenated alkanes) is 1. The highest BCUT2D eigenvalue weighted by Crippen LogP contribution is 2.55. The van der Waals surface area contributed by atoms with Gasteiger partial charge >= 0.3 is 5.97 Å². The second-order valence-corrected chi connectivity index (χ2v) is 10.6. The summed E-state index contributed by atoms with van der Waals surface area (Å²) in [6.45, 7) is 7.39. The lowest BCUT2D eigenvalue weighted by Gasteiger charge is -2.21. The third-order valence-corrected chi connectivity index (χ3v) is 8.25. The van der Waals surface area contributed by atoms with Gasteiger partial charge in [0, 0.05) is 5.92 Å². The highest BCUT2D eigenvalue weighted by atomic mass is 32.2. The third kappa shape index (κ3) is 5.05. The number of sulfonamides is 1. The van der Waals surface area contributed by atoms with Crippen molar-refractivity contribution in [2.75, 3.05) is 31.0 Å². The molecule has 34 heavy (non-hydrogen) atoms. The number of nitrogens with zero attached hydrogens (tertiary/aromatic N) is 1. The van der Waals surface area contributed by atoms with Crippen molar-refractivity contribution < 1.29 is 27.4 Å². The molecular weight excluding hydrogens is 459 g/mol. The first-order valence-corrected chi connectivity index (χ1v) is 13.3. The van der Waals surface area contributed by atoms with E-state index in [0.717, 1.165) is 44.1 Å². The van der Waals surface area contributed by atoms with Crippen molar-refractivity contribution in [2.45, 2.75) is 50.3 Å². The first kappa shape index (κ1) is 24.5. The van der Waals surface area contributed by atoms with E-state index >= 15 is 0 Å². The molecule has 2 aromatic rings. The van der Waals surface area contributed by atoms with E-state index < -0.39 is 21.8 Å². The predicted octanol–water partition coefficient (Wildman–Crippen LogP) is 4.49. The van der Waals surface area contributed by atoms with Crippen molar-refractivity contribution >= 4 is 21.7 Å². The minimum atomic E-state index is -4.16. The van der Waals surface area contributed by atoms with Crippen LogP contribution < -0.4 is 9.46 Å². The third-order valence-electron chi connectivity index (χ3n) is 6.79. The van der Waals surface area contributed by atoms with Crippen molar-refractivity contribution in [3.63, 3.8) is 0 Å². The molecule has 7 nitrogen and oxygen atoms in total. The maximum Gasteiger partial charge on any atom is 0.341 e. The number of carboxylic acids is 1. The molecule has 1 heterocycles. The van der Waals surface area contributed by atoms with Crippen LogP contribution in [0, 0.1) is 11.7 Å². The van der Waals surface area contributed by atoms with Crippen LogP contribution in [0.5, 0.6) is 5.75 Å². The summed E-state index contributed by atoms with van der Waals surface area (Å²) >= 11 is 0. The van der Waals surface area contributed by atoms with Crippen molar-refractivity contribution in [1.82, 2.24) is 4.90 Å². The van der Waals surface area contributed by atoms with Gasteiger partial charge in [-0.05, 0) is 86.6 Å². The molecule has 4 rings (SSSR count). The number of halogens is 1. The molecule has 1 fully saturated rings. The van der Waals surface area contributed by atoms with Crippen molar-refractivity contribution in [3.8, 4) is 5.75 Å². The first-order chi connectivity index (χ1) is 16.2. The molecule has 0 amide bonds. The second-order valence-electron chi connectivity index (χ2n) is 8.97. The van der Waals surface area contributed by atoms with E-state index in [1.807, 2.05) is 0 Å². The Morgan fingerprint density at radius 1 is 1.21 bits per heavy atom. The molecule has 2 aromatic carbocycles. The maximum absolute atomic E-state index is 14.0. The van der Waals surface area contributed by atoms with Gasteiger partial charge in [0.25, 0.3) is 10.0 Å². The maximum atomic E-state index is 14.0. The average molecular weight is 491 g/mol. The molecule has 184 valence electrons. The van der Waals surface area contributed by atoms with Gasteiger partial charge in [-0.3, -0.25) is 4.72 Å². The number of fused-ring (bicyclic) bond motifs is 3. The quantitative estimate of drug-likeness (QED) is 0.451. The van der Waals surface area contributed by atoms with Crippen molar-refractivity contribution in [3.05, 3.63) is 52.8 Å². The van der Waals surface area contributed by atoms with Gasteiger partial charge in [0.15, 0.2) is 0 Å². The average Bonchev–Trinajstić information content (AvgIpc) is 3.58. The van der Waals surface area contributed by atoms with E-state index in [1.165, 1.54) is 18.2 Å². The Bertz CT molecular complexity index is 1180. The zero-order chi connectivity index (χ0) is 24.5. The molecule has 2 atom stereocenters. The Labute approximate surface area is 200 Å². The molecular formula is C25H31FN2O5S. The van der Waals surface area contributed by atoms with Gasteiger partial charge in [0.2, 0.25) is 0 Å². The number of ether oxygens (including phenoxy) is 1. The highest BCUT2D eigenvalue weighted by Gasteiger charge is 2.45. The van der Waals surface area contributed by atoms with Crippen LogP contribution in [-0.2, 0) is 16.4 Å². The van der Waals surface area contributed by atoms with Crippen LogP contribution in [0.4, 0.5) is 10.1 Å². The summed E-state index contributed by atoms with van der Waals surface area (Å²) in [7, 11) is -4.16. The molecule has 0 radical (unpaired) electrons. The van der Waals surface area contributed by atoms with Gasteiger partial charge in [-0.1, -0.05) is 19.9 Å². The standard InChI is InChI=1S/C25H31FN2O5S/c1-3-28(4-2)12-6-5-7-16-13-18(26)8-11-22(16)34(31,32)27-21-10-9-19-20-14-17(20)15-33-24(19)23(21)25(29)30/h8-11,13,17,20,27H,3-7,12,14-15H2,1-2H3,(H,29,30). The molecule has 1 aliphatic carbocycles. The Morgan fingerprint density at radius 3 is 2.68 bits per heavy atom. The second kappa shape index (κ2) is 9.92. The van der Waals surface area contributed by atoms with Crippen molar-refractivity contribution in [1.29, 1.82) is 0 Å². The lowest BCUT2D eigenvalue weighted by atomic mass is 10.0. The van der Waals surface area contributed by atoms with Crippen LogP contribution in [0.2, 0.25) is 0 Å². The number of aryl methyl sites for hydroxylation is 1. The Morgan fingerprint density at radius 2 is 1.97 bits per heavy atom. The van der Waals surface area contributed by atoms with Gasteiger partial charge in [-0.2, -0.15) is 0 Å². The Kier molecular flexibility index (Phi) is 7.14. The summed E-state index contributed by atoms with van der Waals surface area (Å²) in [6.07, 6.45) is 2.92. The van der Waals surface area contributed by atoms with E-state index in [0.29, 0.717) is 30.9 Å². The van der Waals surface area contributed by atoms with Crippen LogP contribution in [0.3, 0.4) is 0 Å². The number of nitrogens with one attached hydrogen (secondary N) is 1. The lowest BCUT2D eigenvalue weighted by Crippen LogP contribution is -2.24. The van der Waals surface area contributed by atoms with E-state index in [-0.39, 0.29) is 27.8 Å².